The summed E-state index contributed by atoms with van der Waals surface area (Å²) >= 11 is 5.71. The van der Waals surface area contributed by atoms with Gasteiger partial charge in [0, 0.05) is 6.42 Å². The number of rotatable bonds is 2. The Kier molecular flexibility index (Phi) is 4.03. The first-order valence-electron chi connectivity index (χ1n) is 4.00. The Bertz CT molecular complexity index is 437. The Morgan fingerprint density at radius 3 is 2.87 bits per heavy atom. The highest BCUT2D eigenvalue weighted by Crippen LogP contribution is 2.15. The van der Waals surface area contributed by atoms with Gasteiger partial charge in [-0.2, -0.15) is 0 Å². The van der Waals surface area contributed by atoms with Crippen LogP contribution in [0.25, 0.3) is 0 Å². The number of aromatic nitrogens is 2. The predicted octanol–water partition coefficient (Wildman–Crippen LogP) is 0.562. The van der Waals surface area contributed by atoms with Gasteiger partial charge in [-0.1, -0.05) is 17.5 Å². The van der Waals surface area contributed by atoms with Crippen molar-refractivity contribution in [2.75, 3.05) is 6.61 Å². The SMILES string of the molecule is O=C(O)c1ncnc(C#CCCO)c1Cl. The molecule has 0 spiro atoms. The Balaban J connectivity index is 3.06. The quantitative estimate of drug-likeness (QED) is 0.720. The summed E-state index contributed by atoms with van der Waals surface area (Å²) in [7, 11) is 0. The third-order valence-corrected chi connectivity index (χ3v) is 1.79. The number of hydrogen-bond donors (Lipinski definition) is 2. The lowest BCUT2D eigenvalue weighted by molar-refractivity contribution is 0.0690. The second-order valence-electron chi connectivity index (χ2n) is 2.47. The zero-order chi connectivity index (χ0) is 11.3. The van der Waals surface area contributed by atoms with Gasteiger partial charge in [0.25, 0.3) is 0 Å². The van der Waals surface area contributed by atoms with Gasteiger partial charge in [0.15, 0.2) is 5.69 Å². The minimum absolute atomic E-state index is 0.0680. The van der Waals surface area contributed by atoms with Gasteiger partial charge >= 0.3 is 5.97 Å². The summed E-state index contributed by atoms with van der Waals surface area (Å²) in [5.41, 5.74) is -0.127. The molecule has 0 aliphatic rings. The molecule has 0 amide bonds. The molecule has 0 saturated heterocycles. The Hall–Kier alpha value is -1.64. The van der Waals surface area contributed by atoms with Crippen LogP contribution in [0.1, 0.15) is 22.6 Å². The number of hydrogen-bond acceptors (Lipinski definition) is 4. The molecule has 0 atom stereocenters. The smallest absolute Gasteiger partial charge is 0.356 e. The number of carboxylic acid groups (broad SMARTS) is 1. The fourth-order valence-electron chi connectivity index (χ4n) is 0.808. The summed E-state index contributed by atoms with van der Waals surface area (Å²) in [6, 6.07) is 0. The molecule has 0 fully saturated rings. The number of halogens is 1. The van der Waals surface area contributed by atoms with Gasteiger partial charge in [-0.15, -0.1) is 0 Å². The molecule has 0 aliphatic carbocycles. The van der Waals surface area contributed by atoms with Crippen LogP contribution >= 0.6 is 11.6 Å². The van der Waals surface area contributed by atoms with Crippen molar-refractivity contribution >= 4 is 17.6 Å². The molecule has 1 aromatic heterocycles. The van der Waals surface area contributed by atoms with Crippen molar-refractivity contribution < 1.29 is 15.0 Å². The molecule has 0 unspecified atom stereocenters. The summed E-state index contributed by atoms with van der Waals surface area (Å²) in [6.07, 6.45) is 1.36. The number of aliphatic hydroxyl groups excluding tert-OH is 1. The molecule has 1 heterocycles. The van der Waals surface area contributed by atoms with E-state index in [0.717, 1.165) is 6.33 Å². The Morgan fingerprint density at radius 2 is 2.27 bits per heavy atom. The van der Waals surface area contributed by atoms with E-state index in [1.54, 1.807) is 0 Å². The van der Waals surface area contributed by atoms with Gasteiger partial charge in [-0.05, 0) is 5.92 Å². The molecular formula is C9H7ClN2O3. The third-order valence-electron chi connectivity index (χ3n) is 1.44. The molecule has 0 radical (unpaired) electrons. The minimum Gasteiger partial charge on any atom is -0.476 e. The van der Waals surface area contributed by atoms with E-state index in [4.69, 9.17) is 21.8 Å². The summed E-state index contributed by atoms with van der Waals surface area (Å²) in [5.74, 6) is 3.91. The Morgan fingerprint density at radius 1 is 1.53 bits per heavy atom. The van der Waals surface area contributed by atoms with Crippen molar-refractivity contribution in [1.29, 1.82) is 0 Å². The maximum atomic E-state index is 10.6. The summed E-state index contributed by atoms with van der Waals surface area (Å²) in [5, 5.41) is 17.1. The van der Waals surface area contributed by atoms with Crippen molar-refractivity contribution in [3.63, 3.8) is 0 Å². The molecule has 6 heteroatoms. The van der Waals surface area contributed by atoms with Crippen LogP contribution in [0.4, 0.5) is 0 Å². The van der Waals surface area contributed by atoms with Crippen LogP contribution in [-0.4, -0.2) is 32.8 Å². The fraction of sp³-hybridized carbons (Fsp3) is 0.222. The van der Waals surface area contributed by atoms with Gasteiger partial charge in [-0.25, -0.2) is 14.8 Å². The molecule has 2 N–H and O–H groups in total. The molecule has 0 bridgehead atoms. The number of carboxylic acids is 1. The van der Waals surface area contributed by atoms with Gasteiger partial charge in [0.1, 0.15) is 17.0 Å². The molecule has 15 heavy (non-hydrogen) atoms. The van der Waals surface area contributed by atoms with Crippen LogP contribution in [0.2, 0.25) is 5.02 Å². The average molecular weight is 227 g/mol. The molecule has 1 aromatic rings. The fourth-order valence-corrected chi connectivity index (χ4v) is 1.03. The maximum absolute atomic E-state index is 10.6. The van der Waals surface area contributed by atoms with Gasteiger partial charge in [-0.3, -0.25) is 0 Å². The second kappa shape index (κ2) is 5.29. The van der Waals surface area contributed by atoms with Crippen molar-refractivity contribution in [3.8, 4) is 11.8 Å². The highest BCUT2D eigenvalue weighted by Gasteiger charge is 2.13. The van der Waals surface area contributed by atoms with E-state index in [1.807, 2.05) is 0 Å². The molecule has 0 saturated carbocycles. The number of aliphatic hydroxyl groups is 1. The molecule has 78 valence electrons. The first-order chi connectivity index (χ1) is 7.16. The monoisotopic (exact) mass is 226 g/mol. The third kappa shape index (κ3) is 2.91. The normalized spacial score (nSPS) is 9.20. The average Bonchev–Trinajstić information content (AvgIpc) is 2.20. The van der Waals surface area contributed by atoms with E-state index in [9.17, 15) is 4.79 Å². The van der Waals surface area contributed by atoms with E-state index in [-0.39, 0.29) is 29.4 Å². The highest BCUT2D eigenvalue weighted by molar-refractivity contribution is 6.34. The van der Waals surface area contributed by atoms with Crippen LogP contribution < -0.4 is 0 Å². The van der Waals surface area contributed by atoms with E-state index in [0.29, 0.717) is 0 Å². The first kappa shape index (κ1) is 11.4. The van der Waals surface area contributed by atoms with Crippen molar-refractivity contribution in [2.45, 2.75) is 6.42 Å². The standard InChI is InChI=1S/C9H7ClN2O3/c10-7-6(3-1-2-4-13)11-5-12-8(7)9(14)15/h5,13H,2,4H2,(H,14,15). The summed E-state index contributed by atoms with van der Waals surface area (Å²) in [4.78, 5) is 17.9. The lowest BCUT2D eigenvalue weighted by Gasteiger charge is -1.97. The lowest BCUT2D eigenvalue weighted by atomic mass is 10.3. The van der Waals surface area contributed by atoms with Gasteiger partial charge < -0.3 is 10.2 Å². The van der Waals surface area contributed by atoms with E-state index >= 15 is 0 Å². The van der Waals surface area contributed by atoms with Gasteiger partial charge in [0.2, 0.25) is 0 Å². The van der Waals surface area contributed by atoms with Gasteiger partial charge in [0.05, 0.1) is 6.61 Å². The lowest BCUT2D eigenvalue weighted by Crippen LogP contribution is -2.03. The first-order valence-corrected chi connectivity index (χ1v) is 4.38. The maximum Gasteiger partial charge on any atom is 0.356 e. The number of carbonyl (C=O) groups is 1. The second-order valence-corrected chi connectivity index (χ2v) is 2.84. The largest absolute Gasteiger partial charge is 0.476 e. The van der Waals surface area contributed by atoms with Crippen molar-refractivity contribution in [1.82, 2.24) is 9.97 Å². The van der Waals surface area contributed by atoms with Crippen LogP contribution in [-0.2, 0) is 0 Å². The molecule has 0 aliphatic heterocycles. The minimum atomic E-state index is -1.23. The molecule has 1 rings (SSSR count). The zero-order valence-electron chi connectivity index (χ0n) is 7.57. The predicted molar refractivity (Wildman–Crippen MR) is 52.6 cm³/mol. The van der Waals surface area contributed by atoms with Crippen molar-refractivity contribution in [3.05, 3.63) is 22.7 Å². The number of aromatic carboxylic acids is 1. The topological polar surface area (TPSA) is 83.3 Å². The highest BCUT2D eigenvalue weighted by atomic mass is 35.5. The summed E-state index contributed by atoms with van der Waals surface area (Å²) < 4.78 is 0. The van der Waals surface area contributed by atoms with Crippen LogP contribution in [0.15, 0.2) is 6.33 Å². The molecule has 0 aromatic carbocycles. The van der Waals surface area contributed by atoms with Crippen LogP contribution in [0.3, 0.4) is 0 Å². The zero-order valence-corrected chi connectivity index (χ0v) is 8.32. The van der Waals surface area contributed by atoms with Crippen molar-refractivity contribution in [2.24, 2.45) is 0 Å². The molecular weight excluding hydrogens is 220 g/mol. The van der Waals surface area contributed by atoms with E-state index in [2.05, 4.69) is 21.8 Å². The molecule has 5 nitrogen and oxygen atoms in total. The number of nitrogens with zero attached hydrogens (tertiary/aromatic N) is 2. The summed E-state index contributed by atoms with van der Waals surface area (Å²) in [6.45, 7) is -0.0680. The van der Waals surface area contributed by atoms with Crippen LogP contribution in [0.5, 0.6) is 0 Å². The Labute approximate surface area is 90.7 Å². The van der Waals surface area contributed by atoms with E-state index < -0.39 is 5.97 Å². The van der Waals surface area contributed by atoms with Crippen LogP contribution in [0, 0.1) is 11.8 Å². The van der Waals surface area contributed by atoms with E-state index in [1.165, 1.54) is 0 Å².